The van der Waals surface area contributed by atoms with Crippen LogP contribution in [-0.2, 0) is 0 Å². The van der Waals surface area contributed by atoms with E-state index in [2.05, 4.69) is 10.2 Å². The van der Waals surface area contributed by atoms with Gasteiger partial charge in [-0.1, -0.05) is 35.5 Å². The van der Waals surface area contributed by atoms with Gasteiger partial charge < -0.3 is 0 Å². The van der Waals surface area contributed by atoms with Gasteiger partial charge in [-0.3, -0.25) is 18.9 Å². The minimum absolute atomic E-state index is 0.216. The molecular formula is C22H17ClN4O2S. The van der Waals surface area contributed by atoms with Gasteiger partial charge in [0.2, 0.25) is 0 Å². The van der Waals surface area contributed by atoms with Crippen molar-refractivity contribution in [1.82, 2.24) is 19.5 Å². The van der Waals surface area contributed by atoms with Gasteiger partial charge in [-0.25, -0.2) is 0 Å². The summed E-state index contributed by atoms with van der Waals surface area (Å²) in [5.41, 5.74) is 3.85. The number of rotatable bonds is 5. The number of pyridine rings is 1. The number of fused-ring (bicyclic) bond motifs is 4. The molecule has 6 nitrogen and oxygen atoms in total. The lowest BCUT2D eigenvalue weighted by atomic mass is 10.1. The lowest BCUT2D eigenvalue weighted by molar-refractivity contribution is 0.0655. The standard InChI is InChI=1S/C22H17ClN4O2S/c1-13-11-19-24-25-22(27(19)18-8-7-14(23)12-17(13)18)30-10-4-9-26-20(28)15-5-2-3-6-16(15)21(26)29/h2-3,5-8,11-12H,4,9-10H2,1H3. The van der Waals surface area contributed by atoms with Gasteiger partial charge in [0.25, 0.3) is 11.8 Å². The molecule has 0 saturated carbocycles. The average molecular weight is 437 g/mol. The first-order valence-corrected chi connectivity index (χ1v) is 10.9. The van der Waals surface area contributed by atoms with Crippen LogP contribution < -0.4 is 0 Å². The van der Waals surface area contributed by atoms with Crippen LogP contribution in [0.2, 0.25) is 5.02 Å². The van der Waals surface area contributed by atoms with Gasteiger partial charge in [0.15, 0.2) is 10.8 Å². The minimum atomic E-state index is -0.216. The Balaban J connectivity index is 1.32. The Morgan fingerprint density at radius 2 is 1.73 bits per heavy atom. The summed E-state index contributed by atoms with van der Waals surface area (Å²) in [6, 6.07) is 14.7. The number of carbonyl (C=O) groups excluding carboxylic acids is 2. The summed E-state index contributed by atoms with van der Waals surface area (Å²) in [5.74, 6) is 0.274. The highest BCUT2D eigenvalue weighted by Crippen LogP contribution is 2.28. The maximum atomic E-state index is 12.5. The lowest BCUT2D eigenvalue weighted by Crippen LogP contribution is -2.31. The number of benzene rings is 2. The summed E-state index contributed by atoms with van der Waals surface area (Å²) in [4.78, 5) is 26.3. The van der Waals surface area contributed by atoms with Crippen LogP contribution in [0.25, 0.3) is 16.6 Å². The topological polar surface area (TPSA) is 67.6 Å². The first-order valence-electron chi connectivity index (χ1n) is 9.56. The molecule has 0 bridgehead atoms. The van der Waals surface area contributed by atoms with E-state index in [0.29, 0.717) is 34.9 Å². The summed E-state index contributed by atoms with van der Waals surface area (Å²) in [5, 5.41) is 11.2. The monoisotopic (exact) mass is 436 g/mol. The maximum Gasteiger partial charge on any atom is 0.261 e. The van der Waals surface area contributed by atoms with Crippen molar-refractivity contribution in [3.05, 3.63) is 70.2 Å². The molecule has 30 heavy (non-hydrogen) atoms. The molecule has 150 valence electrons. The molecule has 0 atom stereocenters. The van der Waals surface area contributed by atoms with Crippen molar-refractivity contribution < 1.29 is 9.59 Å². The van der Waals surface area contributed by atoms with E-state index >= 15 is 0 Å². The van der Waals surface area contributed by atoms with Crippen LogP contribution in [0.4, 0.5) is 0 Å². The molecule has 0 spiro atoms. The summed E-state index contributed by atoms with van der Waals surface area (Å²) in [7, 11) is 0. The third-order valence-electron chi connectivity index (χ3n) is 5.26. The van der Waals surface area contributed by atoms with Crippen LogP contribution in [0.15, 0.2) is 53.7 Å². The van der Waals surface area contributed by atoms with Crippen molar-refractivity contribution in [2.75, 3.05) is 12.3 Å². The number of halogens is 1. The molecule has 4 aromatic rings. The minimum Gasteiger partial charge on any atom is -0.274 e. The Labute approximate surface area is 181 Å². The number of aromatic nitrogens is 3. The normalized spacial score (nSPS) is 13.6. The molecule has 8 heteroatoms. The molecule has 0 unspecified atom stereocenters. The number of carbonyl (C=O) groups is 2. The van der Waals surface area contributed by atoms with E-state index in [1.54, 1.807) is 36.0 Å². The van der Waals surface area contributed by atoms with Crippen molar-refractivity contribution >= 4 is 51.7 Å². The van der Waals surface area contributed by atoms with Crippen molar-refractivity contribution in [3.63, 3.8) is 0 Å². The highest BCUT2D eigenvalue weighted by atomic mass is 35.5. The fourth-order valence-electron chi connectivity index (χ4n) is 3.81. The first-order chi connectivity index (χ1) is 14.5. The van der Waals surface area contributed by atoms with E-state index in [-0.39, 0.29) is 11.8 Å². The summed E-state index contributed by atoms with van der Waals surface area (Å²) in [6.45, 7) is 2.41. The predicted molar refractivity (Wildman–Crippen MR) is 117 cm³/mol. The van der Waals surface area contributed by atoms with Crippen molar-refractivity contribution in [1.29, 1.82) is 0 Å². The Hall–Kier alpha value is -2.90. The third kappa shape index (κ3) is 3.05. The number of aryl methyl sites for hydroxylation is 1. The second kappa shape index (κ2) is 7.41. The summed E-state index contributed by atoms with van der Waals surface area (Å²) >= 11 is 7.73. The van der Waals surface area contributed by atoms with E-state index in [9.17, 15) is 9.59 Å². The lowest BCUT2D eigenvalue weighted by Gasteiger charge is -2.13. The number of nitrogens with zero attached hydrogens (tertiary/aromatic N) is 4. The van der Waals surface area contributed by atoms with Gasteiger partial charge in [-0.05, 0) is 55.3 Å². The molecule has 5 rings (SSSR count). The van der Waals surface area contributed by atoms with Gasteiger partial charge in [0.05, 0.1) is 16.6 Å². The molecule has 0 saturated heterocycles. The van der Waals surface area contributed by atoms with Crippen LogP contribution in [0, 0.1) is 6.92 Å². The van der Waals surface area contributed by atoms with E-state index < -0.39 is 0 Å². The van der Waals surface area contributed by atoms with Crippen LogP contribution in [0.3, 0.4) is 0 Å². The molecule has 1 aliphatic heterocycles. The fourth-order valence-corrected chi connectivity index (χ4v) is 4.86. The van der Waals surface area contributed by atoms with Gasteiger partial charge in [0.1, 0.15) is 0 Å². The molecule has 1 aliphatic rings. The van der Waals surface area contributed by atoms with Crippen molar-refractivity contribution in [3.8, 4) is 0 Å². The largest absolute Gasteiger partial charge is 0.274 e. The maximum absolute atomic E-state index is 12.5. The Kier molecular flexibility index (Phi) is 4.72. The summed E-state index contributed by atoms with van der Waals surface area (Å²) < 4.78 is 2.02. The molecule has 0 aliphatic carbocycles. The smallest absolute Gasteiger partial charge is 0.261 e. The number of hydrogen-bond acceptors (Lipinski definition) is 5. The summed E-state index contributed by atoms with van der Waals surface area (Å²) in [6.07, 6.45) is 0.667. The molecular weight excluding hydrogens is 420 g/mol. The zero-order valence-electron chi connectivity index (χ0n) is 16.1. The SMILES string of the molecule is Cc1cc2nnc(SCCCN3C(=O)c4ccccc4C3=O)n2c2ccc(Cl)cc12. The van der Waals surface area contributed by atoms with E-state index in [1.165, 1.54) is 4.90 Å². The quantitative estimate of drug-likeness (QED) is 0.259. The van der Waals surface area contributed by atoms with E-state index in [0.717, 1.165) is 27.3 Å². The predicted octanol–water partition coefficient (Wildman–Crippen LogP) is 4.62. The first kappa shape index (κ1) is 19.1. The molecule has 0 radical (unpaired) electrons. The zero-order chi connectivity index (χ0) is 20.8. The Morgan fingerprint density at radius 3 is 2.47 bits per heavy atom. The highest BCUT2D eigenvalue weighted by molar-refractivity contribution is 7.99. The van der Waals surface area contributed by atoms with Gasteiger partial charge in [-0.15, -0.1) is 10.2 Å². The number of imide groups is 1. The molecule has 2 amide bonds. The second-order valence-corrected chi connectivity index (χ2v) is 8.67. The average Bonchev–Trinajstić information content (AvgIpc) is 3.25. The van der Waals surface area contributed by atoms with Crippen LogP contribution in [0.1, 0.15) is 32.7 Å². The van der Waals surface area contributed by atoms with Crippen LogP contribution in [0.5, 0.6) is 0 Å². The van der Waals surface area contributed by atoms with Crippen molar-refractivity contribution in [2.24, 2.45) is 0 Å². The molecule has 0 fully saturated rings. The number of amides is 2. The fraction of sp³-hybridized carbons (Fsp3) is 0.182. The third-order valence-corrected chi connectivity index (χ3v) is 6.51. The second-order valence-electron chi connectivity index (χ2n) is 7.17. The van der Waals surface area contributed by atoms with Gasteiger partial charge in [-0.2, -0.15) is 0 Å². The Bertz CT molecular complexity index is 1300. The van der Waals surface area contributed by atoms with E-state index in [4.69, 9.17) is 11.6 Å². The zero-order valence-corrected chi connectivity index (χ0v) is 17.7. The molecule has 0 N–H and O–H groups in total. The van der Waals surface area contributed by atoms with Gasteiger partial charge in [0, 0.05) is 22.7 Å². The highest BCUT2D eigenvalue weighted by Gasteiger charge is 2.34. The van der Waals surface area contributed by atoms with Gasteiger partial charge >= 0.3 is 0 Å². The Morgan fingerprint density at radius 1 is 1.00 bits per heavy atom. The van der Waals surface area contributed by atoms with E-state index in [1.807, 2.05) is 35.6 Å². The number of hydrogen-bond donors (Lipinski definition) is 0. The molecule has 3 heterocycles. The van der Waals surface area contributed by atoms with Crippen molar-refractivity contribution in [2.45, 2.75) is 18.5 Å². The molecule has 2 aromatic heterocycles. The molecule has 2 aromatic carbocycles. The van der Waals surface area contributed by atoms with Crippen LogP contribution in [-0.4, -0.2) is 43.6 Å². The van der Waals surface area contributed by atoms with Crippen LogP contribution >= 0.6 is 23.4 Å². The number of thioether (sulfide) groups is 1.